The van der Waals surface area contributed by atoms with Crippen molar-refractivity contribution in [3.05, 3.63) is 29.3 Å². The highest BCUT2D eigenvalue weighted by atomic mass is 35.5. The van der Waals surface area contributed by atoms with Crippen LogP contribution >= 0.6 is 36.4 Å². The summed E-state index contributed by atoms with van der Waals surface area (Å²) in [7, 11) is 0. The number of carbonyl (C=O) groups excluding carboxylic acids is 1. The average molecular weight is 397 g/mol. The Hall–Kier alpha value is -0.720. The van der Waals surface area contributed by atoms with Gasteiger partial charge in [-0.3, -0.25) is 4.79 Å². The summed E-state index contributed by atoms with van der Waals surface area (Å²) in [6, 6.07) is 7.97. The molecule has 3 atom stereocenters. The summed E-state index contributed by atoms with van der Waals surface area (Å²) in [5, 5.41) is 3.83. The Morgan fingerprint density at radius 3 is 2.79 bits per heavy atom. The van der Waals surface area contributed by atoms with E-state index in [-0.39, 0.29) is 49.0 Å². The van der Waals surface area contributed by atoms with E-state index in [1.807, 2.05) is 24.3 Å². The number of hydrogen-bond acceptors (Lipinski definition) is 4. The highest BCUT2D eigenvalue weighted by Gasteiger charge is 2.32. The van der Waals surface area contributed by atoms with Crippen molar-refractivity contribution in [2.24, 2.45) is 5.73 Å². The molecule has 0 spiro atoms. The molecule has 0 saturated carbocycles. The van der Waals surface area contributed by atoms with E-state index >= 15 is 0 Å². The zero-order valence-electron chi connectivity index (χ0n) is 13.3. The monoisotopic (exact) mass is 395 g/mol. The van der Waals surface area contributed by atoms with Gasteiger partial charge in [-0.2, -0.15) is 0 Å². The van der Waals surface area contributed by atoms with Crippen LogP contribution < -0.4 is 16.0 Å². The Labute approximate surface area is 160 Å². The molecule has 0 bridgehead atoms. The lowest BCUT2D eigenvalue weighted by Crippen LogP contribution is -2.43. The van der Waals surface area contributed by atoms with Crippen LogP contribution in [0.1, 0.15) is 19.3 Å². The van der Waals surface area contributed by atoms with E-state index in [1.54, 1.807) is 0 Å². The van der Waals surface area contributed by atoms with E-state index in [1.165, 1.54) is 0 Å². The standard InChI is InChI=1S/C16H22ClN3O2.2ClH/c17-11-2-1-3-13(8-11)20-7-6-12(10-20)19-16(21)15-5-4-14(9-18)22-15;;/h1-3,8,12,14-15H,4-7,9-10,18H2,(H,19,21);2*1H/t12?,14-,15+;;/m1../s1. The maximum Gasteiger partial charge on any atom is 0.249 e. The lowest BCUT2D eigenvalue weighted by Gasteiger charge is -2.20. The zero-order chi connectivity index (χ0) is 15.5. The van der Waals surface area contributed by atoms with Crippen molar-refractivity contribution in [1.82, 2.24) is 5.32 Å². The van der Waals surface area contributed by atoms with Crippen LogP contribution in [-0.2, 0) is 9.53 Å². The van der Waals surface area contributed by atoms with Gasteiger partial charge < -0.3 is 20.7 Å². The molecule has 1 aromatic rings. The first kappa shape index (κ1) is 21.3. The van der Waals surface area contributed by atoms with Crippen LogP contribution in [0.25, 0.3) is 0 Å². The fraction of sp³-hybridized carbons (Fsp3) is 0.562. The number of hydrogen-bond donors (Lipinski definition) is 2. The van der Waals surface area contributed by atoms with Gasteiger partial charge >= 0.3 is 0 Å². The summed E-state index contributed by atoms with van der Waals surface area (Å²) < 4.78 is 5.64. The SMILES string of the molecule is Cl.Cl.NC[C@H]1CC[C@@H](C(=O)NC2CCN(c3cccc(Cl)c3)C2)O1. The third-order valence-electron chi connectivity index (χ3n) is 4.37. The summed E-state index contributed by atoms with van der Waals surface area (Å²) in [5.74, 6) is -0.00565. The Kier molecular flexibility index (Phi) is 8.60. The van der Waals surface area contributed by atoms with Crippen LogP contribution in [0, 0.1) is 0 Å². The highest BCUT2D eigenvalue weighted by Crippen LogP contribution is 2.24. The van der Waals surface area contributed by atoms with E-state index in [0.717, 1.165) is 43.1 Å². The molecular formula is C16H24Cl3N3O2. The fourth-order valence-corrected chi connectivity index (χ4v) is 3.34. The summed E-state index contributed by atoms with van der Waals surface area (Å²) in [5.41, 5.74) is 6.68. The van der Waals surface area contributed by atoms with Crippen LogP contribution in [0.15, 0.2) is 24.3 Å². The van der Waals surface area contributed by atoms with Crippen molar-refractivity contribution < 1.29 is 9.53 Å². The third kappa shape index (κ3) is 5.14. The normalized spacial score (nSPS) is 25.8. The minimum Gasteiger partial charge on any atom is -0.369 e. The van der Waals surface area contributed by atoms with Crippen molar-refractivity contribution in [1.29, 1.82) is 0 Å². The van der Waals surface area contributed by atoms with Gasteiger partial charge in [0.25, 0.3) is 0 Å². The minimum absolute atomic E-state index is 0. The smallest absolute Gasteiger partial charge is 0.249 e. The highest BCUT2D eigenvalue weighted by molar-refractivity contribution is 6.30. The number of rotatable bonds is 4. The van der Waals surface area contributed by atoms with Gasteiger partial charge in [0.15, 0.2) is 0 Å². The van der Waals surface area contributed by atoms with Crippen LogP contribution in [0.4, 0.5) is 5.69 Å². The molecular weight excluding hydrogens is 373 g/mol. The number of halogens is 3. The first-order valence-corrected chi connectivity index (χ1v) is 8.20. The lowest BCUT2D eigenvalue weighted by molar-refractivity contribution is -0.132. The lowest BCUT2D eigenvalue weighted by atomic mass is 10.1. The minimum atomic E-state index is -0.339. The molecule has 3 rings (SSSR count). The van der Waals surface area contributed by atoms with Crippen LogP contribution in [0.2, 0.25) is 5.02 Å². The molecule has 0 radical (unpaired) electrons. The molecule has 0 aliphatic carbocycles. The van der Waals surface area contributed by atoms with Crippen molar-refractivity contribution in [2.75, 3.05) is 24.5 Å². The molecule has 24 heavy (non-hydrogen) atoms. The number of nitrogens with two attached hydrogens (primary N) is 1. The second-order valence-corrected chi connectivity index (χ2v) is 6.42. The number of anilines is 1. The van der Waals surface area contributed by atoms with Gasteiger partial charge in [0.2, 0.25) is 5.91 Å². The summed E-state index contributed by atoms with van der Waals surface area (Å²) >= 11 is 6.03. The molecule has 136 valence electrons. The van der Waals surface area contributed by atoms with Gasteiger partial charge in [-0.1, -0.05) is 17.7 Å². The molecule has 2 fully saturated rings. The Morgan fingerprint density at radius 2 is 2.12 bits per heavy atom. The van der Waals surface area contributed by atoms with E-state index in [0.29, 0.717) is 6.54 Å². The molecule has 3 N–H and O–H groups in total. The number of carbonyl (C=O) groups is 1. The largest absolute Gasteiger partial charge is 0.369 e. The molecule has 2 heterocycles. The second kappa shape index (κ2) is 9.68. The number of amides is 1. The maximum atomic E-state index is 12.2. The van der Waals surface area contributed by atoms with Crippen LogP contribution in [0.5, 0.6) is 0 Å². The average Bonchev–Trinajstić information content (AvgIpc) is 3.16. The van der Waals surface area contributed by atoms with Crippen LogP contribution in [-0.4, -0.2) is 43.8 Å². The van der Waals surface area contributed by atoms with Gasteiger partial charge in [0, 0.05) is 36.4 Å². The van der Waals surface area contributed by atoms with Crippen molar-refractivity contribution in [3.8, 4) is 0 Å². The first-order valence-electron chi connectivity index (χ1n) is 7.82. The molecule has 5 nitrogen and oxygen atoms in total. The van der Waals surface area contributed by atoms with Gasteiger partial charge in [-0.15, -0.1) is 24.8 Å². The van der Waals surface area contributed by atoms with Gasteiger partial charge in [-0.05, 0) is 37.5 Å². The Balaban J connectivity index is 0.00000144. The van der Waals surface area contributed by atoms with Gasteiger partial charge in [0.05, 0.1) is 6.10 Å². The number of benzene rings is 1. The maximum absolute atomic E-state index is 12.2. The summed E-state index contributed by atoms with van der Waals surface area (Å²) in [4.78, 5) is 14.5. The molecule has 1 unspecified atom stereocenters. The number of ether oxygens (including phenoxy) is 1. The summed E-state index contributed by atoms with van der Waals surface area (Å²) in [6.45, 7) is 2.21. The number of nitrogens with one attached hydrogen (secondary N) is 1. The molecule has 1 amide bonds. The predicted octanol–water partition coefficient (Wildman–Crippen LogP) is 2.38. The third-order valence-corrected chi connectivity index (χ3v) is 4.61. The van der Waals surface area contributed by atoms with Crippen molar-refractivity contribution in [3.63, 3.8) is 0 Å². The topological polar surface area (TPSA) is 67.6 Å². The first-order chi connectivity index (χ1) is 10.7. The summed E-state index contributed by atoms with van der Waals surface area (Å²) in [6.07, 6.45) is 2.26. The zero-order valence-corrected chi connectivity index (χ0v) is 15.7. The fourth-order valence-electron chi connectivity index (χ4n) is 3.15. The van der Waals surface area contributed by atoms with E-state index in [9.17, 15) is 4.79 Å². The Bertz CT molecular complexity index is 547. The number of nitrogens with zero attached hydrogens (tertiary/aromatic N) is 1. The predicted molar refractivity (Wildman–Crippen MR) is 102 cm³/mol. The van der Waals surface area contributed by atoms with E-state index in [4.69, 9.17) is 22.1 Å². The quantitative estimate of drug-likeness (QED) is 0.820. The van der Waals surface area contributed by atoms with Gasteiger partial charge in [-0.25, -0.2) is 0 Å². The van der Waals surface area contributed by atoms with E-state index in [2.05, 4.69) is 10.2 Å². The second-order valence-electron chi connectivity index (χ2n) is 5.98. The molecule has 8 heteroatoms. The molecule has 1 aromatic carbocycles. The van der Waals surface area contributed by atoms with Crippen molar-refractivity contribution in [2.45, 2.75) is 37.5 Å². The Morgan fingerprint density at radius 1 is 1.33 bits per heavy atom. The molecule has 0 aromatic heterocycles. The molecule has 2 saturated heterocycles. The van der Waals surface area contributed by atoms with Crippen LogP contribution in [0.3, 0.4) is 0 Å². The van der Waals surface area contributed by atoms with Gasteiger partial charge in [0.1, 0.15) is 6.10 Å². The molecule has 2 aliphatic rings. The molecule has 2 aliphatic heterocycles. The van der Waals surface area contributed by atoms with E-state index < -0.39 is 0 Å². The van der Waals surface area contributed by atoms with Crippen molar-refractivity contribution >= 4 is 48.0 Å².